The third kappa shape index (κ3) is 4.90. The number of carbonyl (C=O) groups excluding carboxylic acids is 1. The van der Waals surface area contributed by atoms with Gasteiger partial charge in [-0.3, -0.25) is 14.7 Å². The van der Waals surface area contributed by atoms with Crippen LogP contribution in [0.1, 0.15) is 21.5 Å². The van der Waals surface area contributed by atoms with Gasteiger partial charge in [-0.15, -0.1) is 0 Å². The van der Waals surface area contributed by atoms with E-state index in [1.54, 1.807) is 6.20 Å². The number of hydrogen-bond acceptors (Lipinski definition) is 4. The number of carbonyl (C=O) groups is 1. The molecule has 2 atom stereocenters. The molecule has 5 heteroatoms. The Balaban J connectivity index is 1.67. The molecule has 1 aromatic carbocycles. The first kappa shape index (κ1) is 18.5. The first-order valence-electron chi connectivity index (χ1n) is 9.15. The molecule has 138 valence electrons. The van der Waals surface area contributed by atoms with E-state index in [2.05, 4.69) is 40.3 Å². The summed E-state index contributed by atoms with van der Waals surface area (Å²) in [5, 5.41) is 3.27. The highest BCUT2D eigenvalue weighted by Gasteiger charge is 2.34. The Kier molecular flexibility index (Phi) is 6.01. The van der Waals surface area contributed by atoms with Crippen LogP contribution in [0.2, 0.25) is 0 Å². The Bertz CT molecular complexity index is 732. The van der Waals surface area contributed by atoms with Crippen molar-refractivity contribution in [3.8, 4) is 0 Å². The maximum atomic E-state index is 12.7. The van der Waals surface area contributed by atoms with Gasteiger partial charge in [-0.05, 0) is 44.8 Å². The van der Waals surface area contributed by atoms with Gasteiger partial charge in [-0.25, -0.2) is 0 Å². The zero-order valence-corrected chi connectivity index (χ0v) is 15.9. The predicted octanol–water partition coefficient (Wildman–Crippen LogP) is 2.18. The van der Waals surface area contributed by atoms with Gasteiger partial charge in [0, 0.05) is 56.1 Å². The highest BCUT2D eigenvalue weighted by atomic mass is 16.1. The fraction of sp³-hybridized carbons (Fsp3) is 0.429. The van der Waals surface area contributed by atoms with E-state index in [0.29, 0.717) is 5.92 Å². The molecule has 1 aliphatic heterocycles. The summed E-state index contributed by atoms with van der Waals surface area (Å²) >= 11 is 0. The van der Waals surface area contributed by atoms with Crippen LogP contribution in [0.4, 0.5) is 0 Å². The zero-order chi connectivity index (χ0) is 18.5. The average Bonchev–Trinajstić information content (AvgIpc) is 2.96. The summed E-state index contributed by atoms with van der Waals surface area (Å²) in [6.07, 6.45) is 3.72. The molecule has 0 saturated carbocycles. The van der Waals surface area contributed by atoms with Gasteiger partial charge in [0.05, 0.1) is 0 Å². The summed E-state index contributed by atoms with van der Waals surface area (Å²) in [6.45, 7) is 5.69. The lowest BCUT2D eigenvalue weighted by molar-refractivity contribution is 0.0926. The minimum Gasteiger partial charge on any atom is -0.348 e. The molecule has 1 saturated heterocycles. The molecule has 1 aromatic heterocycles. The lowest BCUT2D eigenvalue weighted by Crippen LogP contribution is -2.43. The molecule has 1 N–H and O–H groups in total. The molecule has 0 radical (unpaired) electrons. The quantitative estimate of drug-likeness (QED) is 0.866. The number of amides is 1. The molecule has 0 spiro atoms. The molecule has 1 aliphatic rings. The Morgan fingerprint density at radius 2 is 2.12 bits per heavy atom. The highest BCUT2D eigenvalue weighted by molar-refractivity contribution is 5.94. The normalized spacial score (nSPS) is 20.5. The molecule has 0 aliphatic carbocycles. The first-order chi connectivity index (χ1) is 12.5. The summed E-state index contributed by atoms with van der Waals surface area (Å²) in [6, 6.07) is 12.0. The van der Waals surface area contributed by atoms with Crippen molar-refractivity contribution in [1.82, 2.24) is 20.1 Å². The van der Waals surface area contributed by atoms with Crippen molar-refractivity contribution in [2.45, 2.75) is 19.5 Å². The van der Waals surface area contributed by atoms with Crippen LogP contribution in [-0.4, -0.2) is 60.5 Å². The molecule has 5 nitrogen and oxygen atoms in total. The number of hydrogen-bond donors (Lipinski definition) is 1. The number of nitrogens with zero attached hydrogens (tertiary/aromatic N) is 3. The minimum absolute atomic E-state index is 0.0192. The van der Waals surface area contributed by atoms with Crippen molar-refractivity contribution < 1.29 is 4.79 Å². The van der Waals surface area contributed by atoms with Crippen LogP contribution in [0.5, 0.6) is 0 Å². The van der Waals surface area contributed by atoms with E-state index in [4.69, 9.17) is 0 Å². The second kappa shape index (κ2) is 8.43. The van der Waals surface area contributed by atoms with Crippen LogP contribution in [-0.2, 0) is 6.54 Å². The molecular formula is C21H28N4O. The Hall–Kier alpha value is -2.24. The Labute approximate surface area is 156 Å². The van der Waals surface area contributed by atoms with Gasteiger partial charge in [0.2, 0.25) is 0 Å². The van der Waals surface area contributed by atoms with Crippen molar-refractivity contribution in [2.75, 3.05) is 33.7 Å². The van der Waals surface area contributed by atoms with Gasteiger partial charge >= 0.3 is 0 Å². The number of nitrogens with one attached hydrogen (secondary N) is 1. The van der Waals surface area contributed by atoms with Crippen molar-refractivity contribution in [3.05, 3.63) is 65.5 Å². The molecule has 0 unspecified atom stereocenters. The third-order valence-electron chi connectivity index (χ3n) is 4.84. The topological polar surface area (TPSA) is 48.5 Å². The molecule has 1 fully saturated rings. The number of benzene rings is 1. The smallest absolute Gasteiger partial charge is 0.251 e. The van der Waals surface area contributed by atoms with Gasteiger partial charge in [0.25, 0.3) is 5.91 Å². The Morgan fingerprint density at radius 3 is 2.81 bits per heavy atom. The molecular weight excluding hydrogens is 324 g/mol. The zero-order valence-electron chi connectivity index (χ0n) is 15.9. The van der Waals surface area contributed by atoms with Crippen LogP contribution in [0.15, 0.2) is 48.8 Å². The van der Waals surface area contributed by atoms with Crippen molar-refractivity contribution in [1.29, 1.82) is 0 Å². The van der Waals surface area contributed by atoms with E-state index in [9.17, 15) is 4.79 Å². The maximum Gasteiger partial charge on any atom is 0.251 e. The standard InChI is InChI=1S/C21H28N4O/c1-16-6-4-8-18(10-16)21(26)23-20-15-25(14-19(20)13-24(2)3)12-17-7-5-9-22-11-17/h4-11,19-20H,12-15H2,1-3H3,(H,23,26)/t19-,20-/m1/s1. The molecule has 1 amide bonds. The number of pyridine rings is 1. The number of rotatable bonds is 6. The van der Waals surface area contributed by atoms with Gasteiger partial charge in [-0.2, -0.15) is 0 Å². The molecule has 2 heterocycles. The summed E-state index contributed by atoms with van der Waals surface area (Å²) in [5.41, 5.74) is 3.05. The van der Waals surface area contributed by atoms with E-state index >= 15 is 0 Å². The lowest BCUT2D eigenvalue weighted by Gasteiger charge is -2.23. The van der Waals surface area contributed by atoms with Crippen LogP contribution in [0.25, 0.3) is 0 Å². The molecule has 2 aromatic rings. The molecule has 3 rings (SSSR count). The Morgan fingerprint density at radius 1 is 1.27 bits per heavy atom. The van der Waals surface area contributed by atoms with Gasteiger partial charge in [-0.1, -0.05) is 23.8 Å². The molecule has 0 bridgehead atoms. The van der Waals surface area contributed by atoms with Crippen molar-refractivity contribution >= 4 is 5.91 Å². The number of aryl methyl sites for hydroxylation is 1. The fourth-order valence-electron chi connectivity index (χ4n) is 3.70. The maximum absolute atomic E-state index is 12.7. The molecule has 26 heavy (non-hydrogen) atoms. The minimum atomic E-state index is 0.0192. The van der Waals surface area contributed by atoms with Crippen molar-refractivity contribution in [3.63, 3.8) is 0 Å². The van der Waals surface area contributed by atoms with Crippen LogP contribution >= 0.6 is 0 Å². The van der Waals surface area contributed by atoms with E-state index in [0.717, 1.165) is 37.3 Å². The summed E-state index contributed by atoms with van der Waals surface area (Å²) in [7, 11) is 4.17. The second-order valence-corrected chi connectivity index (χ2v) is 7.53. The highest BCUT2D eigenvalue weighted by Crippen LogP contribution is 2.20. The van der Waals surface area contributed by atoms with Crippen LogP contribution in [0.3, 0.4) is 0 Å². The summed E-state index contributed by atoms with van der Waals surface area (Å²) < 4.78 is 0. The number of likely N-dealkylation sites (tertiary alicyclic amines) is 1. The van der Waals surface area contributed by atoms with E-state index in [1.807, 2.05) is 43.5 Å². The van der Waals surface area contributed by atoms with Crippen LogP contribution in [0, 0.1) is 12.8 Å². The number of aromatic nitrogens is 1. The van der Waals surface area contributed by atoms with Gasteiger partial charge < -0.3 is 10.2 Å². The SMILES string of the molecule is Cc1cccc(C(=O)N[C@@H]2CN(Cc3cccnc3)C[C@H]2CN(C)C)c1. The first-order valence-corrected chi connectivity index (χ1v) is 9.15. The third-order valence-corrected chi connectivity index (χ3v) is 4.84. The van der Waals surface area contributed by atoms with Crippen molar-refractivity contribution in [2.24, 2.45) is 5.92 Å². The fourth-order valence-corrected chi connectivity index (χ4v) is 3.70. The average molecular weight is 352 g/mol. The second-order valence-electron chi connectivity index (χ2n) is 7.53. The van der Waals surface area contributed by atoms with Gasteiger partial charge in [0.1, 0.15) is 0 Å². The van der Waals surface area contributed by atoms with E-state index in [1.165, 1.54) is 5.56 Å². The van der Waals surface area contributed by atoms with Gasteiger partial charge in [0.15, 0.2) is 0 Å². The van der Waals surface area contributed by atoms with E-state index < -0.39 is 0 Å². The predicted molar refractivity (Wildman–Crippen MR) is 104 cm³/mol. The summed E-state index contributed by atoms with van der Waals surface area (Å²) in [4.78, 5) is 21.5. The largest absolute Gasteiger partial charge is 0.348 e. The monoisotopic (exact) mass is 352 g/mol. The van der Waals surface area contributed by atoms with E-state index in [-0.39, 0.29) is 11.9 Å². The summed E-state index contributed by atoms with van der Waals surface area (Å²) in [5.74, 6) is 0.432. The van der Waals surface area contributed by atoms with Crippen LogP contribution < -0.4 is 5.32 Å². The lowest BCUT2D eigenvalue weighted by atomic mass is 10.0.